The van der Waals surface area contributed by atoms with Crippen LogP contribution in [0.3, 0.4) is 0 Å². The highest BCUT2D eigenvalue weighted by Crippen LogP contribution is 2.37. The van der Waals surface area contributed by atoms with Gasteiger partial charge in [-0.2, -0.15) is 5.10 Å². The maximum atomic E-state index is 13.6. The second kappa shape index (κ2) is 8.93. The molecule has 2 aliphatic heterocycles. The van der Waals surface area contributed by atoms with E-state index in [1.54, 1.807) is 19.1 Å². The third-order valence-corrected chi connectivity index (χ3v) is 5.49. The Hall–Kier alpha value is -2.77. The van der Waals surface area contributed by atoms with Gasteiger partial charge >= 0.3 is 5.97 Å². The molecular weight excluding hydrogens is 385 g/mol. The molecule has 0 aliphatic carbocycles. The number of nitrogens with zero attached hydrogens (tertiary/aromatic N) is 3. The summed E-state index contributed by atoms with van der Waals surface area (Å²) in [5.74, 6) is -1.04. The summed E-state index contributed by atoms with van der Waals surface area (Å²) in [5, 5.41) is 6.53. The summed E-state index contributed by atoms with van der Waals surface area (Å²) in [6.45, 7) is 6.75. The predicted molar refractivity (Wildman–Crippen MR) is 113 cm³/mol. The Balaban J connectivity index is 1.81. The van der Waals surface area contributed by atoms with Gasteiger partial charge in [0.25, 0.3) is 0 Å². The summed E-state index contributed by atoms with van der Waals surface area (Å²) >= 11 is 0. The van der Waals surface area contributed by atoms with Crippen LogP contribution >= 0.6 is 0 Å². The van der Waals surface area contributed by atoms with E-state index in [1.165, 1.54) is 12.1 Å². The van der Waals surface area contributed by atoms with Crippen LogP contribution in [0, 0.1) is 12.7 Å². The van der Waals surface area contributed by atoms with Crippen LogP contribution in [0.25, 0.3) is 0 Å². The second-order valence-corrected chi connectivity index (χ2v) is 7.48. The van der Waals surface area contributed by atoms with Gasteiger partial charge in [0.2, 0.25) is 0 Å². The molecule has 2 aromatic carbocycles. The van der Waals surface area contributed by atoms with Crippen molar-refractivity contribution in [2.75, 3.05) is 37.9 Å². The zero-order chi connectivity index (χ0) is 21.1. The predicted octanol–water partition coefficient (Wildman–Crippen LogP) is 3.32. The van der Waals surface area contributed by atoms with Crippen LogP contribution < -0.4 is 5.01 Å². The van der Waals surface area contributed by atoms with Gasteiger partial charge in [0, 0.05) is 13.1 Å². The molecule has 2 aliphatic rings. The number of esters is 1. The highest BCUT2D eigenvalue weighted by Gasteiger charge is 2.46. The molecular formula is C23H26FN3O3. The molecule has 158 valence electrons. The number of carbonyl (C=O) groups is 1. The SMILES string of the molecule is CCOC(=O)C1=NN(c2ccc(F)cc2)C(N2CCOCC2)C1c1ccc(C)cc1. The fourth-order valence-electron chi connectivity index (χ4n) is 4.01. The average Bonchev–Trinajstić information content (AvgIpc) is 3.16. The molecule has 1 fully saturated rings. The van der Waals surface area contributed by atoms with Gasteiger partial charge < -0.3 is 9.47 Å². The molecule has 2 heterocycles. The number of morpholine rings is 1. The Kier molecular flexibility index (Phi) is 6.11. The summed E-state index contributed by atoms with van der Waals surface area (Å²) in [5.41, 5.74) is 3.23. The Morgan fingerprint density at radius 1 is 1.13 bits per heavy atom. The monoisotopic (exact) mass is 411 g/mol. The minimum atomic E-state index is -0.425. The van der Waals surface area contributed by atoms with Gasteiger partial charge in [-0.05, 0) is 43.7 Å². The van der Waals surface area contributed by atoms with Crippen molar-refractivity contribution in [2.24, 2.45) is 5.10 Å². The largest absolute Gasteiger partial charge is 0.461 e. The molecule has 0 amide bonds. The summed E-state index contributed by atoms with van der Waals surface area (Å²) in [6, 6.07) is 14.3. The topological polar surface area (TPSA) is 54.4 Å². The summed E-state index contributed by atoms with van der Waals surface area (Å²) in [7, 11) is 0. The standard InChI is InChI=1S/C23H26FN3O3/c1-3-30-23(28)21-20(17-6-4-16(2)5-7-17)22(26-12-14-29-15-13-26)27(25-21)19-10-8-18(24)9-11-19/h4-11,20,22H,3,12-15H2,1-2H3. The molecule has 0 aromatic heterocycles. The maximum absolute atomic E-state index is 13.6. The van der Waals surface area contributed by atoms with Gasteiger partial charge in [0.1, 0.15) is 12.0 Å². The first kappa shape index (κ1) is 20.5. The summed E-state index contributed by atoms with van der Waals surface area (Å²) < 4.78 is 24.4. The van der Waals surface area contributed by atoms with Gasteiger partial charge in [0.05, 0.1) is 31.4 Å². The first-order valence-corrected chi connectivity index (χ1v) is 10.3. The Bertz CT molecular complexity index is 908. The van der Waals surface area contributed by atoms with Gasteiger partial charge in [0.15, 0.2) is 5.71 Å². The number of halogens is 1. The normalized spacial score (nSPS) is 22.1. The Morgan fingerprint density at radius 2 is 1.80 bits per heavy atom. The van der Waals surface area contributed by atoms with E-state index in [9.17, 15) is 9.18 Å². The van der Waals surface area contributed by atoms with E-state index < -0.39 is 5.97 Å². The molecule has 1 saturated heterocycles. The molecule has 2 unspecified atom stereocenters. The molecule has 0 bridgehead atoms. The van der Waals surface area contributed by atoms with E-state index in [0.717, 1.165) is 29.9 Å². The molecule has 7 heteroatoms. The molecule has 0 N–H and O–H groups in total. The van der Waals surface area contributed by atoms with Crippen molar-refractivity contribution >= 4 is 17.4 Å². The van der Waals surface area contributed by atoms with Crippen LogP contribution in [0.4, 0.5) is 10.1 Å². The number of rotatable bonds is 5. The molecule has 4 rings (SSSR count). The number of hydrogen-bond acceptors (Lipinski definition) is 6. The fourth-order valence-corrected chi connectivity index (χ4v) is 4.01. The second-order valence-electron chi connectivity index (χ2n) is 7.48. The molecule has 30 heavy (non-hydrogen) atoms. The van der Waals surface area contributed by atoms with Gasteiger partial charge in [-0.15, -0.1) is 0 Å². The van der Waals surface area contributed by atoms with Gasteiger partial charge in [-0.25, -0.2) is 14.2 Å². The maximum Gasteiger partial charge on any atom is 0.355 e. The third-order valence-electron chi connectivity index (χ3n) is 5.49. The number of aryl methyl sites for hydroxylation is 1. The minimum absolute atomic E-state index is 0.235. The highest BCUT2D eigenvalue weighted by molar-refractivity contribution is 6.39. The number of anilines is 1. The van der Waals surface area contributed by atoms with E-state index in [1.807, 2.05) is 36.2 Å². The van der Waals surface area contributed by atoms with Gasteiger partial charge in [-0.3, -0.25) is 4.90 Å². The first-order valence-electron chi connectivity index (χ1n) is 10.3. The van der Waals surface area contributed by atoms with E-state index >= 15 is 0 Å². The van der Waals surface area contributed by atoms with Gasteiger partial charge in [-0.1, -0.05) is 29.8 Å². The summed E-state index contributed by atoms with van der Waals surface area (Å²) in [4.78, 5) is 15.1. The molecule has 0 spiro atoms. The van der Waals surface area contributed by atoms with E-state index in [4.69, 9.17) is 14.6 Å². The lowest BCUT2D eigenvalue weighted by atomic mass is 9.90. The zero-order valence-corrected chi connectivity index (χ0v) is 17.3. The first-order chi connectivity index (χ1) is 14.6. The smallest absolute Gasteiger partial charge is 0.355 e. The number of hydrogen-bond donors (Lipinski definition) is 0. The van der Waals surface area contributed by atoms with E-state index in [2.05, 4.69) is 4.90 Å². The van der Waals surface area contributed by atoms with Crippen LogP contribution in [0.2, 0.25) is 0 Å². The zero-order valence-electron chi connectivity index (χ0n) is 17.3. The summed E-state index contributed by atoms with van der Waals surface area (Å²) in [6.07, 6.45) is -0.235. The van der Waals surface area contributed by atoms with Crippen LogP contribution in [0.5, 0.6) is 0 Å². The molecule has 0 saturated carbocycles. The van der Waals surface area contributed by atoms with Crippen LogP contribution in [0.15, 0.2) is 53.6 Å². The van der Waals surface area contributed by atoms with E-state index in [0.29, 0.717) is 18.9 Å². The third kappa shape index (κ3) is 4.08. The van der Waals surface area contributed by atoms with Crippen molar-refractivity contribution in [2.45, 2.75) is 25.9 Å². The molecule has 2 aromatic rings. The highest BCUT2D eigenvalue weighted by atomic mass is 19.1. The van der Waals surface area contributed by atoms with Crippen molar-refractivity contribution in [3.8, 4) is 0 Å². The molecule has 6 nitrogen and oxygen atoms in total. The van der Waals surface area contributed by atoms with Crippen molar-refractivity contribution in [3.63, 3.8) is 0 Å². The quantitative estimate of drug-likeness (QED) is 0.707. The number of hydrazone groups is 1. The molecule has 2 atom stereocenters. The number of ether oxygens (including phenoxy) is 2. The van der Waals surface area contributed by atoms with E-state index in [-0.39, 0.29) is 24.5 Å². The average molecular weight is 411 g/mol. The van der Waals surface area contributed by atoms with Crippen molar-refractivity contribution in [1.29, 1.82) is 0 Å². The Labute approximate surface area is 175 Å². The lowest BCUT2D eigenvalue weighted by Gasteiger charge is -2.39. The lowest BCUT2D eigenvalue weighted by Crippen LogP contribution is -2.52. The number of benzene rings is 2. The van der Waals surface area contributed by atoms with Crippen LogP contribution in [-0.4, -0.2) is 55.7 Å². The van der Waals surface area contributed by atoms with Crippen molar-refractivity contribution in [3.05, 3.63) is 65.5 Å². The van der Waals surface area contributed by atoms with Crippen LogP contribution in [-0.2, 0) is 14.3 Å². The lowest BCUT2D eigenvalue weighted by molar-refractivity contribution is -0.135. The Morgan fingerprint density at radius 3 is 2.43 bits per heavy atom. The van der Waals surface area contributed by atoms with Crippen LogP contribution in [0.1, 0.15) is 24.0 Å². The fraction of sp³-hybridized carbons (Fsp3) is 0.391. The minimum Gasteiger partial charge on any atom is -0.461 e. The number of carbonyl (C=O) groups excluding carboxylic acids is 1. The van der Waals surface area contributed by atoms with Crippen molar-refractivity contribution in [1.82, 2.24) is 4.90 Å². The molecule has 0 radical (unpaired) electrons. The van der Waals surface area contributed by atoms with Crippen molar-refractivity contribution < 1.29 is 18.7 Å².